The second-order valence-electron chi connectivity index (χ2n) is 5.60. The highest BCUT2D eigenvalue weighted by molar-refractivity contribution is 5.89. The van der Waals surface area contributed by atoms with Crippen molar-refractivity contribution >= 4 is 5.97 Å². The molecule has 0 bridgehead atoms. The molecule has 2 nitrogen and oxygen atoms in total. The Balaban J connectivity index is 2.09. The molecule has 0 spiro atoms. The van der Waals surface area contributed by atoms with Crippen LogP contribution in [0, 0.1) is 12.8 Å². The van der Waals surface area contributed by atoms with Crippen molar-refractivity contribution in [1.29, 1.82) is 0 Å². The summed E-state index contributed by atoms with van der Waals surface area (Å²) in [7, 11) is 0. The molecule has 0 unspecified atom stereocenters. The SMILES string of the molecule is Cc1ccc(C(=O)OCCCCCCC(C)C)cc1. The molecule has 19 heavy (non-hydrogen) atoms. The van der Waals surface area contributed by atoms with Gasteiger partial charge in [-0.3, -0.25) is 0 Å². The van der Waals surface area contributed by atoms with Gasteiger partial charge in [0.1, 0.15) is 0 Å². The normalized spacial score (nSPS) is 10.7. The smallest absolute Gasteiger partial charge is 0.338 e. The molecule has 0 atom stereocenters. The standard InChI is InChI=1S/C17H26O2/c1-14(2)8-6-4-5-7-13-19-17(18)16-11-9-15(3)10-12-16/h9-12,14H,4-8,13H2,1-3H3. The van der Waals surface area contributed by atoms with E-state index in [0.717, 1.165) is 24.3 Å². The molecule has 1 aromatic rings. The summed E-state index contributed by atoms with van der Waals surface area (Å²) in [6, 6.07) is 7.51. The predicted octanol–water partition coefficient (Wildman–Crippen LogP) is 4.76. The van der Waals surface area contributed by atoms with E-state index in [1.165, 1.54) is 19.3 Å². The molecule has 0 aliphatic heterocycles. The van der Waals surface area contributed by atoms with Crippen LogP contribution in [0.4, 0.5) is 0 Å². The van der Waals surface area contributed by atoms with Crippen LogP contribution in [0.3, 0.4) is 0 Å². The molecule has 0 aromatic heterocycles. The van der Waals surface area contributed by atoms with Gasteiger partial charge >= 0.3 is 5.97 Å². The van der Waals surface area contributed by atoms with Gasteiger partial charge < -0.3 is 4.74 Å². The number of rotatable bonds is 8. The first-order chi connectivity index (χ1) is 9.09. The molecule has 0 amide bonds. The summed E-state index contributed by atoms with van der Waals surface area (Å²) >= 11 is 0. The van der Waals surface area contributed by atoms with Crippen LogP contribution in [-0.4, -0.2) is 12.6 Å². The summed E-state index contributed by atoms with van der Waals surface area (Å²) in [4.78, 5) is 11.7. The number of hydrogen-bond donors (Lipinski definition) is 0. The van der Waals surface area contributed by atoms with Gasteiger partial charge in [0, 0.05) is 0 Å². The molecule has 1 rings (SSSR count). The van der Waals surface area contributed by atoms with E-state index >= 15 is 0 Å². The fraction of sp³-hybridized carbons (Fsp3) is 0.588. The maximum absolute atomic E-state index is 11.7. The topological polar surface area (TPSA) is 26.3 Å². The highest BCUT2D eigenvalue weighted by Crippen LogP contribution is 2.10. The fourth-order valence-electron chi connectivity index (χ4n) is 1.95. The van der Waals surface area contributed by atoms with E-state index in [2.05, 4.69) is 13.8 Å². The van der Waals surface area contributed by atoms with Gasteiger partial charge in [-0.1, -0.05) is 57.2 Å². The Hall–Kier alpha value is -1.31. The van der Waals surface area contributed by atoms with Crippen LogP contribution in [0.5, 0.6) is 0 Å². The lowest BCUT2D eigenvalue weighted by Gasteiger charge is -2.06. The van der Waals surface area contributed by atoms with Crippen molar-refractivity contribution in [3.8, 4) is 0 Å². The summed E-state index contributed by atoms with van der Waals surface area (Å²) in [5.41, 5.74) is 1.80. The maximum atomic E-state index is 11.7. The molecule has 0 fully saturated rings. The second-order valence-corrected chi connectivity index (χ2v) is 5.60. The van der Waals surface area contributed by atoms with Crippen molar-refractivity contribution in [2.75, 3.05) is 6.61 Å². The lowest BCUT2D eigenvalue weighted by atomic mass is 10.0. The van der Waals surface area contributed by atoms with Gasteiger partial charge in [0.05, 0.1) is 12.2 Å². The van der Waals surface area contributed by atoms with E-state index in [-0.39, 0.29) is 5.97 Å². The number of benzene rings is 1. The van der Waals surface area contributed by atoms with Crippen LogP contribution in [-0.2, 0) is 4.74 Å². The Labute approximate surface area is 117 Å². The molecule has 1 aromatic carbocycles. The van der Waals surface area contributed by atoms with Crippen LogP contribution < -0.4 is 0 Å². The van der Waals surface area contributed by atoms with Crippen molar-refractivity contribution in [3.05, 3.63) is 35.4 Å². The third-order valence-corrected chi connectivity index (χ3v) is 3.20. The lowest BCUT2D eigenvalue weighted by Crippen LogP contribution is -2.06. The molecule has 0 aliphatic carbocycles. The monoisotopic (exact) mass is 262 g/mol. The number of hydrogen-bond acceptors (Lipinski definition) is 2. The first-order valence-corrected chi connectivity index (χ1v) is 7.33. The molecular formula is C17H26O2. The first kappa shape index (κ1) is 15.7. The van der Waals surface area contributed by atoms with Crippen LogP contribution in [0.25, 0.3) is 0 Å². The summed E-state index contributed by atoms with van der Waals surface area (Å²) in [5, 5.41) is 0. The molecule has 0 saturated carbocycles. The maximum Gasteiger partial charge on any atom is 0.338 e. The Morgan fingerprint density at radius 1 is 1.05 bits per heavy atom. The average Bonchev–Trinajstić information content (AvgIpc) is 2.38. The van der Waals surface area contributed by atoms with Crippen molar-refractivity contribution in [3.63, 3.8) is 0 Å². The summed E-state index contributed by atoms with van der Waals surface area (Å²) in [5.74, 6) is 0.585. The molecule has 0 radical (unpaired) electrons. The van der Waals surface area contributed by atoms with Crippen LogP contribution in [0.2, 0.25) is 0 Å². The van der Waals surface area contributed by atoms with Gasteiger partial charge in [-0.15, -0.1) is 0 Å². The quantitative estimate of drug-likeness (QED) is 0.499. The Bertz CT molecular complexity index is 365. The Morgan fingerprint density at radius 2 is 1.68 bits per heavy atom. The van der Waals surface area contributed by atoms with Crippen LogP contribution >= 0.6 is 0 Å². The third-order valence-electron chi connectivity index (χ3n) is 3.20. The van der Waals surface area contributed by atoms with Gasteiger partial charge in [0.25, 0.3) is 0 Å². The Morgan fingerprint density at radius 3 is 2.32 bits per heavy atom. The number of ether oxygens (including phenoxy) is 1. The number of carbonyl (C=O) groups is 1. The van der Waals surface area contributed by atoms with Gasteiger partial charge in [0.15, 0.2) is 0 Å². The van der Waals surface area contributed by atoms with E-state index in [4.69, 9.17) is 4.74 Å². The van der Waals surface area contributed by atoms with E-state index in [1.807, 2.05) is 31.2 Å². The minimum atomic E-state index is -0.206. The molecule has 0 saturated heterocycles. The van der Waals surface area contributed by atoms with E-state index < -0.39 is 0 Å². The minimum absolute atomic E-state index is 0.206. The average molecular weight is 262 g/mol. The number of aryl methyl sites for hydroxylation is 1. The van der Waals surface area contributed by atoms with Crippen molar-refractivity contribution < 1.29 is 9.53 Å². The van der Waals surface area contributed by atoms with E-state index in [9.17, 15) is 4.79 Å². The van der Waals surface area contributed by atoms with Gasteiger partial charge in [-0.25, -0.2) is 4.79 Å². The largest absolute Gasteiger partial charge is 0.462 e. The van der Waals surface area contributed by atoms with Gasteiger partial charge in [-0.05, 0) is 31.4 Å². The fourth-order valence-corrected chi connectivity index (χ4v) is 1.95. The number of esters is 1. The number of unbranched alkanes of at least 4 members (excludes halogenated alkanes) is 3. The molecule has 0 N–H and O–H groups in total. The highest BCUT2D eigenvalue weighted by Gasteiger charge is 2.05. The minimum Gasteiger partial charge on any atom is -0.462 e. The zero-order valence-electron chi connectivity index (χ0n) is 12.4. The zero-order valence-corrected chi connectivity index (χ0v) is 12.4. The molecule has 0 heterocycles. The Kier molecular flexibility index (Phi) is 7.24. The van der Waals surface area contributed by atoms with E-state index in [0.29, 0.717) is 12.2 Å². The number of carbonyl (C=O) groups excluding carboxylic acids is 1. The third kappa shape index (κ3) is 7.00. The van der Waals surface area contributed by atoms with Crippen molar-refractivity contribution in [1.82, 2.24) is 0 Å². The lowest BCUT2D eigenvalue weighted by molar-refractivity contribution is 0.0497. The van der Waals surface area contributed by atoms with Crippen molar-refractivity contribution in [2.24, 2.45) is 5.92 Å². The molecule has 106 valence electrons. The van der Waals surface area contributed by atoms with Crippen molar-refractivity contribution in [2.45, 2.75) is 52.9 Å². The van der Waals surface area contributed by atoms with Gasteiger partial charge in [-0.2, -0.15) is 0 Å². The zero-order chi connectivity index (χ0) is 14.1. The van der Waals surface area contributed by atoms with Crippen LogP contribution in [0.15, 0.2) is 24.3 Å². The highest BCUT2D eigenvalue weighted by atomic mass is 16.5. The van der Waals surface area contributed by atoms with Gasteiger partial charge in [0.2, 0.25) is 0 Å². The summed E-state index contributed by atoms with van der Waals surface area (Å²) < 4.78 is 5.26. The van der Waals surface area contributed by atoms with E-state index in [1.54, 1.807) is 0 Å². The first-order valence-electron chi connectivity index (χ1n) is 7.33. The summed E-state index contributed by atoms with van der Waals surface area (Å²) in [6.07, 6.45) is 5.93. The molecular weight excluding hydrogens is 236 g/mol. The molecule has 0 aliphatic rings. The summed E-state index contributed by atoms with van der Waals surface area (Å²) in [6.45, 7) is 7.05. The van der Waals surface area contributed by atoms with Crippen LogP contribution in [0.1, 0.15) is 61.9 Å². The second kappa shape index (κ2) is 8.73. The molecule has 2 heteroatoms. The predicted molar refractivity (Wildman–Crippen MR) is 79.4 cm³/mol.